The Labute approximate surface area is 205 Å². The summed E-state index contributed by atoms with van der Waals surface area (Å²) >= 11 is 0. The molecule has 2 aromatic rings. The van der Waals surface area contributed by atoms with Crippen LogP contribution in [0.2, 0.25) is 0 Å². The fourth-order valence-electron chi connectivity index (χ4n) is 4.79. The van der Waals surface area contributed by atoms with Crippen LogP contribution < -0.4 is 0 Å². The van der Waals surface area contributed by atoms with Gasteiger partial charge in [0.15, 0.2) is 0 Å². The van der Waals surface area contributed by atoms with Crippen molar-refractivity contribution in [2.24, 2.45) is 0 Å². The van der Waals surface area contributed by atoms with Gasteiger partial charge in [-0.3, -0.25) is 9.59 Å². The van der Waals surface area contributed by atoms with Gasteiger partial charge in [-0.05, 0) is 69.2 Å². The number of carbonyl (C=O) groups excluding carboxylic acids is 2. The van der Waals surface area contributed by atoms with E-state index in [0.717, 1.165) is 33.4 Å². The van der Waals surface area contributed by atoms with E-state index in [2.05, 4.69) is 79.7 Å². The molecule has 0 N–H and O–H groups in total. The Hall–Kier alpha value is -2.62. The SMILES string of the molecule is CC(=O)OC1Cc2cc(C(C)(C)C)cc(c2C)C(OC(C)=O)Cc2cc(C(C)(C)C)cc1c2C. The number of fused-ring (bicyclic) bond motifs is 4. The molecule has 0 heterocycles. The first-order chi connectivity index (χ1) is 15.6. The molecule has 0 spiro atoms. The molecule has 1 aliphatic rings. The molecule has 4 bridgehead atoms. The smallest absolute Gasteiger partial charge is 0.303 e. The molecule has 2 unspecified atom stereocenters. The van der Waals surface area contributed by atoms with Crippen LogP contribution in [0.5, 0.6) is 0 Å². The largest absolute Gasteiger partial charge is 0.457 e. The number of hydrogen-bond donors (Lipinski definition) is 0. The number of rotatable bonds is 2. The van der Waals surface area contributed by atoms with Gasteiger partial charge in [-0.1, -0.05) is 65.8 Å². The molecular formula is C30H40O4. The molecule has 0 amide bonds. The highest BCUT2D eigenvalue weighted by Crippen LogP contribution is 2.40. The van der Waals surface area contributed by atoms with E-state index in [9.17, 15) is 9.59 Å². The van der Waals surface area contributed by atoms with Gasteiger partial charge in [-0.15, -0.1) is 0 Å². The maximum Gasteiger partial charge on any atom is 0.303 e. The quantitative estimate of drug-likeness (QED) is 0.453. The van der Waals surface area contributed by atoms with Gasteiger partial charge in [-0.2, -0.15) is 0 Å². The maximum absolute atomic E-state index is 12.2. The third kappa shape index (κ3) is 5.54. The van der Waals surface area contributed by atoms with Gasteiger partial charge in [-0.25, -0.2) is 0 Å². The summed E-state index contributed by atoms with van der Waals surface area (Å²) in [5, 5.41) is 0. The van der Waals surface area contributed by atoms with Crippen LogP contribution in [0.25, 0.3) is 0 Å². The molecule has 0 saturated heterocycles. The predicted octanol–water partition coefficient (Wildman–Crippen LogP) is 6.91. The zero-order chi connectivity index (χ0) is 25.6. The van der Waals surface area contributed by atoms with Crippen LogP contribution in [-0.4, -0.2) is 11.9 Å². The summed E-state index contributed by atoms with van der Waals surface area (Å²) in [6.07, 6.45) is 0.377. The Bertz CT molecular complexity index is 1020. The monoisotopic (exact) mass is 464 g/mol. The van der Waals surface area contributed by atoms with Gasteiger partial charge in [0, 0.05) is 26.7 Å². The molecule has 184 valence electrons. The first-order valence-electron chi connectivity index (χ1n) is 12.2. The van der Waals surface area contributed by atoms with Crippen LogP contribution in [0.3, 0.4) is 0 Å². The highest BCUT2D eigenvalue weighted by Gasteiger charge is 2.30. The third-order valence-corrected chi connectivity index (χ3v) is 6.96. The minimum atomic E-state index is -0.384. The van der Waals surface area contributed by atoms with Gasteiger partial charge < -0.3 is 9.47 Å². The standard InChI is InChI=1S/C30H40O4/c1-17-21-11-23(29(5,6)7)15-25(17)27(33-19(3)31)14-22-12-24(30(8,9)10)16-26(18(22)2)28(13-21)34-20(4)32/h11-12,15-16,27-28H,13-14H2,1-10H3. The van der Waals surface area contributed by atoms with E-state index >= 15 is 0 Å². The predicted molar refractivity (Wildman–Crippen MR) is 136 cm³/mol. The summed E-state index contributed by atoms with van der Waals surface area (Å²) in [6, 6.07) is 8.84. The summed E-state index contributed by atoms with van der Waals surface area (Å²) in [4.78, 5) is 24.4. The van der Waals surface area contributed by atoms with Gasteiger partial charge >= 0.3 is 11.9 Å². The fraction of sp³-hybridized carbons (Fsp3) is 0.533. The second kappa shape index (κ2) is 9.20. The van der Waals surface area contributed by atoms with E-state index in [-0.39, 0.29) is 35.0 Å². The lowest BCUT2D eigenvalue weighted by Crippen LogP contribution is -2.23. The van der Waals surface area contributed by atoms with Crippen molar-refractivity contribution >= 4 is 11.9 Å². The van der Waals surface area contributed by atoms with Crippen molar-refractivity contribution in [1.82, 2.24) is 0 Å². The minimum Gasteiger partial charge on any atom is -0.457 e. The molecule has 3 rings (SSSR count). The van der Waals surface area contributed by atoms with Gasteiger partial charge in [0.05, 0.1) is 0 Å². The number of benzene rings is 2. The summed E-state index contributed by atoms with van der Waals surface area (Å²) in [6.45, 7) is 20.2. The minimum absolute atomic E-state index is 0.0807. The molecule has 4 nitrogen and oxygen atoms in total. The average molecular weight is 465 g/mol. The lowest BCUT2D eigenvalue weighted by atomic mass is 9.77. The topological polar surface area (TPSA) is 52.6 Å². The summed E-state index contributed by atoms with van der Waals surface area (Å²) in [5.74, 6) is -0.571. The van der Waals surface area contributed by atoms with E-state index in [0.29, 0.717) is 12.8 Å². The van der Waals surface area contributed by atoms with Gasteiger partial charge in [0.2, 0.25) is 0 Å². The normalized spacial score (nSPS) is 18.3. The highest BCUT2D eigenvalue weighted by molar-refractivity contribution is 5.67. The number of carbonyl (C=O) groups is 2. The Balaban J connectivity index is 2.36. The lowest BCUT2D eigenvalue weighted by molar-refractivity contribution is -0.148. The number of ether oxygens (including phenoxy) is 2. The van der Waals surface area contributed by atoms with Crippen molar-refractivity contribution in [3.8, 4) is 0 Å². The molecule has 0 radical (unpaired) electrons. The fourth-order valence-corrected chi connectivity index (χ4v) is 4.79. The molecule has 34 heavy (non-hydrogen) atoms. The molecule has 0 fully saturated rings. The van der Waals surface area contributed by atoms with Crippen molar-refractivity contribution in [1.29, 1.82) is 0 Å². The highest BCUT2D eigenvalue weighted by atomic mass is 16.5. The molecule has 0 aliphatic heterocycles. The van der Waals surface area contributed by atoms with Crippen molar-refractivity contribution in [2.75, 3.05) is 0 Å². The van der Waals surface area contributed by atoms with Crippen LogP contribution in [0.1, 0.15) is 112 Å². The van der Waals surface area contributed by atoms with Crippen molar-refractivity contribution < 1.29 is 19.1 Å². The molecule has 2 atom stereocenters. The first-order valence-corrected chi connectivity index (χ1v) is 12.2. The average Bonchev–Trinajstić information content (AvgIpc) is 2.66. The molecular weight excluding hydrogens is 424 g/mol. The number of hydrogen-bond acceptors (Lipinski definition) is 4. The summed E-state index contributed by atoms with van der Waals surface area (Å²) in [5.41, 5.74) is 8.68. The molecule has 4 heteroatoms. The van der Waals surface area contributed by atoms with Crippen LogP contribution in [0.15, 0.2) is 24.3 Å². The van der Waals surface area contributed by atoms with Crippen LogP contribution in [-0.2, 0) is 42.7 Å². The Morgan fingerprint density at radius 2 is 1.00 bits per heavy atom. The van der Waals surface area contributed by atoms with Crippen molar-refractivity contribution in [2.45, 2.75) is 105 Å². The number of esters is 2. The Morgan fingerprint density at radius 1 is 0.676 bits per heavy atom. The second-order valence-electron chi connectivity index (χ2n) is 11.8. The van der Waals surface area contributed by atoms with Crippen molar-refractivity contribution in [3.05, 3.63) is 68.8 Å². The maximum atomic E-state index is 12.2. The van der Waals surface area contributed by atoms with E-state index < -0.39 is 0 Å². The Morgan fingerprint density at radius 3 is 1.26 bits per heavy atom. The van der Waals surface area contributed by atoms with Gasteiger partial charge in [0.1, 0.15) is 12.2 Å². The van der Waals surface area contributed by atoms with E-state index in [1.807, 2.05) is 0 Å². The third-order valence-electron chi connectivity index (χ3n) is 6.96. The van der Waals surface area contributed by atoms with E-state index in [4.69, 9.17) is 9.47 Å². The lowest BCUT2D eigenvalue weighted by Gasteiger charge is -2.32. The van der Waals surface area contributed by atoms with Crippen molar-refractivity contribution in [3.63, 3.8) is 0 Å². The second-order valence-corrected chi connectivity index (χ2v) is 11.8. The van der Waals surface area contributed by atoms with E-state index in [1.54, 1.807) is 0 Å². The summed E-state index contributed by atoms with van der Waals surface area (Å²) in [7, 11) is 0. The zero-order valence-corrected chi connectivity index (χ0v) is 22.5. The molecule has 2 aromatic carbocycles. The molecule has 0 aromatic heterocycles. The van der Waals surface area contributed by atoms with Crippen LogP contribution in [0, 0.1) is 13.8 Å². The summed E-state index contributed by atoms with van der Waals surface area (Å²) < 4.78 is 11.9. The Kier molecular flexibility index (Phi) is 7.04. The first kappa shape index (κ1) is 26.0. The van der Waals surface area contributed by atoms with Crippen LogP contribution in [0.4, 0.5) is 0 Å². The van der Waals surface area contributed by atoms with Gasteiger partial charge in [0.25, 0.3) is 0 Å². The van der Waals surface area contributed by atoms with Crippen LogP contribution >= 0.6 is 0 Å². The van der Waals surface area contributed by atoms with E-state index in [1.165, 1.54) is 25.0 Å². The molecule has 1 aliphatic carbocycles. The molecule has 0 saturated carbocycles. The zero-order valence-electron chi connectivity index (χ0n) is 22.5.